The normalized spacial score (nSPS) is 37.3. The first-order chi connectivity index (χ1) is 5.57. The van der Waals surface area contributed by atoms with Gasteiger partial charge in [-0.25, -0.2) is 4.79 Å². The van der Waals surface area contributed by atoms with Gasteiger partial charge in [0.05, 0.1) is 6.10 Å². The highest BCUT2D eigenvalue weighted by molar-refractivity contribution is 5.77. The Balaban J connectivity index is 2.75. The molecule has 0 aromatic heterocycles. The first kappa shape index (κ1) is 9.48. The van der Waals surface area contributed by atoms with E-state index in [9.17, 15) is 9.90 Å². The van der Waals surface area contributed by atoms with E-state index in [2.05, 4.69) is 0 Å². The Morgan fingerprint density at radius 3 is 2.83 bits per heavy atom. The molecule has 1 saturated heterocycles. The monoisotopic (exact) mass is 174 g/mol. The van der Waals surface area contributed by atoms with Crippen molar-refractivity contribution >= 4 is 5.97 Å². The van der Waals surface area contributed by atoms with Gasteiger partial charge in [0.25, 0.3) is 0 Å². The molecule has 1 rings (SSSR count). The van der Waals surface area contributed by atoms with E-state index in [1.807, 2.05) is 0 Å². The van der Waals surface area contributed by atoms with Gasteiger partial charge in [0.2, 0.25) is 0 Å². The van der Waals surface area contributed by atoms with Crippen LogP contribution in [-0.2, 0) is 9.53 Å². The number of rotatable bonds is 1. The van der Waals surface area contributed by atoms with Crippen LogP contribution < -0.4 is 0 Å². The number of hydrogen-bond donors (Lipinski definition) is 2. The van der Waals surface area contributed by atoms with Crippen molar-refractivity contribution in [3.8, 4) is 0 Å². The number of carbonyl (C=O) groups is 1. The lowest BCUT2D eigenvalue weighted by atomic mass is 9.96. The molecular formula is C8H14O4. The fraction of sp³-hybridized carbons (Fsp3) is 0.875. The van der Waals surface area contributed by atoms with Crippen LogP contribution in [-0.4, -0.2) is 34.5 Å². The summed E-state index contributed by atoms with van der Waals surface area (Å²) in [5, 5.41) is 18.3. The van der Waals surface area contributed by atoms with Crippen molar-refractivity contribution in [1.82, 2.24) is 0 Å². The maximum absolute atomic E-state index is 10.8. The summed E-state index contributed by atoms with van der Waals surface area (Å²) < 4.78 is 5.11. The van der Waals surface area contributed by atoms with Crippen LogP contribution in [0.2, 0.25) is 0 Å². The van der Waals surface area contributed by atoms with E-state index in [0.717, 1.165) is 12.8 Å². The predicted octanol–water partition coefficient (Wildman–Crippen LogP) is 0.391. The highest BCUT2D eigenvalue weighted by Crippen LogP contribution is 2.24. The summed E-state index contributed by atoms with van der Waals surface area (Å²) in [5.74, 6) is -1.09. The van der Waals surface area contributed by atoms with Gasteiger partial charge in [-0.15, -0.1) is 0 Å². The zero-order chi connectivity index (χ0) is 9.19. The van der Waals surface area contributed by atoms with E-state index >= 15 is 0 Å². The lowest BCUT2D eigenvalue weighted by Gasteiger charge is -2.27. The van der Waals surface area contributed by atoms with Crippen LogP contribution in [0.3, 0.4) is 0 Å². The van der Waals surface area contributed by atoms with Gasteiger partial charge in [-0.1, -0.05) is 0 Å². The summed E-state index contributed by atoms with van der Waals surface area (Å²) in [6, 6.07) is 0. The molecule has 0 spiro atoms. The largest absolute Gasteiger partial charge is 0.479 e. The van der Waals surface area contributed by atoms with Crippen molar-refractivity contribution in [3.05, 3.63) is 0 Å². The molecule has 2 N–H and O–H groups in total. The first-order valence-electron chi connectivity index (χ1n) is 4.13. The molecule has 0 unspecified atom stereocenters. The third kappa shape index (κ3) is 1.59. The van der Waals surface area contributed by atoms with Gasteiger partial charge >= 0.3 is 5.97 Å². The quantitative estimate of drug-likeness (QED) is 0.603. The summed E-state index contributed by atoms with van der Waals surface area (Å²) in [6.07, 6.45) is 1.25. The molecule has 0 saturated carbocycles. The second-order valence-electron chi connectivity index (χ2n) is 3.27. The minimum absolute atomic E-state index is 0.417. The average molecular weight is 174 g/mol. The van der Waals surface area contributed by atoms with Crippen molar-refractivity contribution in [2.24, 2.45) is 0 Å². The summed E-state index contributed by atoms with van der Waals surface area (Å²) in [6.45, 7) is 1.84. The van der Waals surface area contributed by atoms with Crippen molar-refractivity contribution in [1.29, 1.82) is 0 Å². The molecule has 0 aromatic carbocycles. The second kappa shape index (κ2) is 3.41. The molecule has 4 nitrogen and oxygen atoms in total. The Hall–Kier alpha value is -0.610. The molecule has 0 amide bonds. The molecule has 70 valence electrons. The molecule has 1 heterocycles. The van der Waals surface area contributed by atoms with Crippen LogP contribution in [0.4, 0.5) is 0 Å². The molecule has 1 aliphatic rings. The smallest absolute Gasteiger partial charge is 0.338 e. The molecule has 0 bridgehead atoms. The molecule has 0 aromatic rings. The Morgan fingerprint density at radius 2 is 2.25 bits per heavy atom. The third-order valence-electron chi connectivity index (χ3n) is 2.33. The van der Waals surface area contributed by atoms with Crippen LogP contribution in [0, 0.1) is 0 Å². The van der Waals surface area contributed by atoms with E-state index in [0.29, 0.717) is 13.0 Å². The predicted molar refractivity (Wildman–Crippen MR) is 41.9 cm³/mol. The molecule has 1 aliphatic heterocycles. The molecule has 12 heavy (non-hydrogen) atoms. The lowest BCUT2D eigenvalue weighted by Crippen LogP contribution is -2.48. The van der Waals surface area contributed by atoms with E-state index in [4.69, 9.17) is 9.84 Å². The Labute approximate surface area is 71.2 Å². The minimum Gasteiger partial charge on any atom is -0.479 e. The first-order valence-corrected chi connectivity index (χ1v) is 4.13. The molecule has 0 radical (unpaired) electrons. The van der Waals surface area contributed by atoms with Crippen LogP contribution >= 0.6 is 0 Å². The van der Waals surface area contributed by atoms with Gasteiger partial charge in [0, 0.05) is 6.61 Å². The van der Waals surface area contributed by atoms with Gasteiger partial charge in [0.1, 0.15) is 0 Å². The van der Waals surface area contributed by atoms with Gasteiger partial charge in [-0.2, -0.15) is 0 Å². The molecule has 4 heteroatoms. The van der Waals surface area contributed by atoms with E-state index < -0.39 is 17.7 Å². The zero-order valence-corrected chi connectivity index (χ0v) is 7.12. The number of hydrogen-bond acceptors (Lipinski definition) is 3. The van der Waals surface area contributed by atoms with Gasteiger partial charge in [-0.05, 0) is 26.2 Å². The van der Waals surface area contributed by atoms with E-state index in [-0.39, 0.29) is 0 Å². The second-order valence-corrected chi connectivity index (χ2v) is 3.27. The molecular weight excluding hydrogens is 160 g/mol. The van der Waals surface area contributed by atoms with Crippen LogP contribution in [0.5, 0.6) is 0 Å². The Bertz CT molecular complexity index is 180. The SMILES string of the molecule is C[C@@]1(C(=O)O)OCCCC[C@@H]1O. The number of ether oxygens (including phenoxy) is 1. The maximum atomic E-state index is 10.8. The fourth-order valence-electron chi connectivity index (χ4n) is 1.30. The maximum Gasteiger partial charge on any atom is 0.338 e. The van der Waals surface area contributed by atoms with Crippen molar-refractivity contribution < 1.29 is 19.7 Å². The Morgan fingerprint density at radius 1 is 1.58 bits per heavy atom. The van der Waals surface area contributed by atoms with Crippen molar-refractivity contribution in [2.45, 2.75) is 37.9 Å². The van der Waals surface area contributed by atoms with Crippen molar-refractivity contribution in [2.75, 3.05) is 6.61 Å². The van der Waals surface area contributed by atoms with Crippen LogP contribution in [0.15, 0.2) is 0 Å². The molecule has 2 atom stereocenters. The fourth-order valence-corrected chi connectivity index (χ4v) is 1.30. The topological polar surface area (TPSA) is 66.8 Å². The lowest BCUT2D eigenvalue weighted by molar-refractivity contribution is -0.177. The van der Waals surface area contributed by atoms with Crippen molar-refractivity contribution in [3.63, 3.8) is 0 Å². The summed E-state index contributed by atoms with van der Waals surface area (Å²) in [7, 11) is 0. The zero-order valence-electron chi connectivity index (χ0n) is 7.12. The van der Waals surface area contributed by atoms with Gasteiger partial charge in [-0.3, -0.25) is 0 Å². The summed E-state index contributed by atoms with van der Waals surface area (Å²) in [4.78, 5) is 10.8. The third-order valence-corrected chi connectivity index (χ3v) is 2.33. The number of aliphatic hydroxyl groups excluding tert-OH is 1. The molecule has 0 aliphatic carbocycles. The standard InChI is InChI=1S/C8H14O4/c1-8(7(10)11)6(9)4-2-3-5-12-8/h6,9H,2-5H2,1H3,(H,10,11)/t6-,8+/m0/s1. The number of aliphatic carboxylic acids is 1. The number of carboxylic acid groups (broad SMARTS) is 1. The highest BCUT2D eigenvalue weighted by atomic mass is 16.5. The number of carboxylic acids is 1. The van der Waals surface area contributed by atoms with Gasteiger partial charge < -0.3 is 14.9 Å². The van der Waals surface area contributed by atoms with Crippen LogP contribution in [0.25, 0.3) is 0 Å². The number of aliphatic hydroxyl groups is 1. The summed E-state index contributed by atoms with van der Waals surface area (Å²) in [5.41, 5.74) is -1.41. The molecule has 1 fully saturated rings. The van der Waals surface area contributed by atoms with Gasteiger partial charge in [0.15, 0.2) is 5.60 Å². The van der Waals surface area contributed by atoms with E-state index in [1.54, 1.807) is 0 Å². The van der Waals surface area contributed by atoms with Crippen LogP contribution in [0.1, 0.15) is 26.2 Å². The minimum atomic E-state index is -1.41. The Kier molecular flexibility index (Phi) is 2.69. The highest BCUT2D eigenvalue weighted by Gasteiger charge is 2.42. The average Bonchev–Trinajstić information content (AvgIpc) is 2.16. The van der Waals surface area contributed by atoms with E-state index in [1.165, 1.54) is 6.92 Å². The summed E-state index contributed by atoms with van der Waals surface area (Å²) >= 11 is 0.